The summed E-state index contributed by atoms with van der Waals surface area (Å²) < 4.78 is 0. The number of nitrogens with zero attached hydrogens (tertiary/aromatic N) is 1. The van der Waals surface area contributed by atoms with Crippen molar-refractivity contribution in [2.45, 2.75) is 37.8 Å². The second kappa shape index (κ2) is 3.67. The van der Waals surface area contributed by atoms with Crippen molar-refractivity contribution in [3.05, 3.63) is 23.8 Å². The standard InChI is InChI=1S/C13H18N2O/c14-11-2-1-7-15-12-6-4-10(16)8-9(12)3-5-13(11)15/h4,6,8,11,13,16H,1-3,5,7,14H2. The van der Waals surface area contributed by atoms with Crippen molar-refractivity contribution < 1.29 is 5.11 Å². The van der Waals surface area contributed by atoms with Gasteiger partial charge in [0.15, 0.2) is 0 Å². The van der Waals surface area contributed by atoms with Crippen molar-refractivity contribution in [3.63, 3.8) is 0 Å². The van der Waals surface area contributed by atoms with Crippen molar-refractivity contribution in [1.29, 1.82) is 0 Å². The highest BCUT2D eigenvalue weighted by molar-refractivity contribution is 5.59. The van der Waals surface area contributed by atoms with Crippen LogP contribution in [-0.4, -0.2) is 23.7 Å². The predicted octanol–water partition coefficient (Wildman–Crippen LogP) is 1.63. The minimum Gasteiger partial charge on any atom is -0.508 e. The van der Waals surface area contributed by atoms with Gasteiger partial charge in [-0.3, -0.25) is 0 Å². The number of hydrogen-bond acceptors (Lipinski definition) is 3. The fourth-order valence-electron chi connectivity index (χ4n) is 3.11. The predicted molar refractivity (Wildman–Crippen MR) is 64.8 cm³/mol. The van der Waals surface area contributed by atoms with Gasteiger partial charge in [0, 0.05) is 24.3 Å². The lowest BCUT2D eigenvalue weighted by Gasteiger charge is -2.45. The van der Waals surface area contributed by atoms with Crippen LogP contribution in [0.2, 0.25) is 0 Å². The van der Waals surface area contributed by atoms with E-state index in [2.05, 4.69) is 4.90 Å². The number of benzene rings is 1. The Morgan fingerprint density at radius 2 is 2.19 bits per heavy atom. The van der Waals surface area contributed by atoms with Gasteiger partial charge in [-0.05, 0) is 49.4 Å². The topological polar surface area (TPSA) is 49.5 Å². The zero-order chi connectivity index (χ0) is 11.1. The summed E-state index contributed by atoms with van der Waals surface area (Å²) in [5.74, 6) is 0.374. The number of hydrogen-bond donors (Lipinski definition) is 2. The van der Waals surface area contributed by atoms with E-state index in [0.717, 1.165) is 25.8 Å². The van der Waals surface area contributed by atoms with Crippen LogP contribution in [0.15, 0.2) is 18.2 Å². The summed E-state index contributed by atoms with van der Waals surface area (Å²) in [6.45, 7) is 1.11. The normalized spacial score (nSPS) is 28.4. The van der Waals surface area contributed by atoms with Crippen LogP contribution in [0.1, 0.15) is 24.8 Å². The smallest absolute Gasteiger partial charge is 0.116 e. The van der Waals surface area contributed by atoms with E-state index in [0.29, 0.717) is 17.8 Å². The minimum absolute atomic E-state index is 0.315. The highest BCUT2D eigenvalue weighted by atomic mass is 16.3. The molecule has 16 heavy (non-hydrogen) atoms. The Morgan fingerprint density at radius 1 is 1.31 bits per heavy atom. The van der Waals surface area contributed by atoms with Crippen LogP contribution in [-0.2, 0) is 6.42 Å². The van der Waals surface area contributed by atoms with Crippen LogP contribution < -0.4 is 10.6 Å². The summed E-state index contributed by atoms with van der Waals surface area (Å²) in [5.41, 5.74) is 8.74. The molecule has 3 rings (SSSR count). The van der Waals surface area contributed by atoms with Crippen molar-refractivity contribution in [3.8, 4) is 5.75 Å². The van der Waals surface area contributed by atoms with E-state index < -0.39 is 0 Å². The van der Waals surface area contributed by atoms with E-state index in [1.165, 1.54) is 17.7 Å². The highest BCUT2D eigenvalue weighted by Gasteiger charge is 2.33. The Bertz CT molecular complexity index is 405. The Hall–Kier alpha value is -1.22. The van der Waals surface area contributed by atoms with Gasteiger partial charge in [-0.2, -0.15) is 0 Å². The average Bonchev–Trinajstić information content (AvgIpc) is 2.28. The van der Waals surface area contributed by atoms with E-state index in [1.807, 2.05) is 12.1 Å². The van der Waals surface area contributed by atoms with Crippen molar-refractivity contribution in [1.82, 2.24) is 0 Å². The molecule has 0 amide bonds. The van der Waals surface area contributed by atoms with E-state index in [4.69, 9.17) is 5.73 Å². The first-order valence-corrected chi connectivity index (χ1v) is 6.10. The third kappa shape index (κ3) is 1.47. The molecule has 1 aromatic rings. The Morgan fingerprint density at radius 3 is 3.06 bits per heavy atom. The summed E-state index contributed by atoms with van der Waals surface area (Å²) in [4.78, 5) is 2.44. The number of rotatable bonds is 0. The van der Waals surface area contributed by atoms with Gasteiger partial charge in [0.05, 0.1) is 0 Å². The summed E-state index contributed by atoms with van der Waals surface area (Å²) >= 11 is 0. The molecular formula is C13H18N2O. The molecule has 0 aromatic heterocycles. The van der Waals surface area contributed by atoms with Gasteiger partial charge < -0.3 is 15.7 Å². The molecule has 3 heteroatoms. The first-order chi connectivity index (χ1) is 7.75. The maximum absolute atomic E-state index is 9.49. The van der Waals surface area contributed by atoms with Crippen LogP contribution in [0.5, 0.6) is 5.75 Å². The molecule has 1 fully saturated rings. The molecule has 2 heterocycles. The molecule has 3 nitrogen and oxygen atoms in total. The zero-order valence-corrected chi connectivity index (χ0v) is 9.39. The lowest BCUT2D eigenvalue weighted by atomic mass is 9.86. The van der Waals surface area contributed by atoms with Crippen LogP contribution in [0.4, 0.5) is 5.69 Å². The second-order valence-corrected chi connectivity index (χ2v) is 4.92. The number of aryl methyl sites for hydroxylation is 1. The maximum atomic E-state index is 9.49. The first kappa shape index (κ1) is 9.97. The van der Waals surface area contributed by atoms with Crippen LogP contribution in [0.3, 0.4) is 0 Å². The van der Waals surface area contributed by atoms with Crippen LogP contribution in [0.25, 0.3) is 0 Å². The number of anilines is 1. The number of nitrogens with two attached hydrogens (primary N) is 1. The molecule has 86 valence electrons. The lowest BCUT2D eigenvalue weighted by molar-refractivity contribution is 0.371. The number of aromatic hydroxyl groups is 1. The van der Waals surface area contributed by atoms with Crippen molar-refractivity contribution >= 4 is 5.69 Å². The second-order valence-electron chi connectivity index (χ2n) is 4.92. The number of fused-ring (bicyclic) bond motifs is 3. The summed E-state index contributed by atoms with van der Waals surface area (Å²) in [7, 11) is 0. The van der Waals surface area contributed by atoms with Gasteiger partial charge in [-0.25, -0.2) is 0 Å². The van der Waals surface area contributed by atoms with Gasteiger partial charge in [-0.1, -0.05) is 0 Å². The summed E-state index contributed by atoms with van der Waals surface area (Å²) in [6.07, 6.45) is 4.49. The first-order valence-electron chi connectivity index (χ1n) is 6.10. The van der Waals surface area contributed by atoms with Gasteiger partial charge >= 0.3 is 0 Å². The number of piperidine rings is 1. The van der Waals surface area contributed by atoms with Gasteiger partial charge in [0.1, 0.15) is 5.75 Å². The molecule has 0 saturated carbocycles. The van der Waals surface area contributed by atoms with E-state index in [-0.39, 0.29) is 0 Å². The number of phenols is 1. The fourth-order valence-corrected chi connectivity index (χ4v) is 3.11. The largest absolute Gasteiger partial charge is 0.508 e. The lowest BCUT2D eigenvalue weighted by Crippen LogP contribution is -2.54. The molecule has 0 aliphatic carbocycles. The van der Waals surface area contributed by atoms with E-state index in [9.17, 15) is 5.11 Å². The average molecular weight is 218 g/mol. The number of phenolic OH excluding ortho intramolecular Hbond substituents is 1. The molecule has 0 bridgehead atoms. The molecule has 0 radical (unpaired) electrons. The highest BCUT2D eigenvalue weighted by Crippen LogP contribution is 2.36. The quantitative estimate of drug-likeness (QED) is 0.696. The molecule has 1 aromatic carbocycles. The van der Waals surface area contributed by atoms with Crippen LogP contribution >= 0.6 is 0 Å². The molecule has 2 aliphatic rings. The molecule has 3 N–H and O–H groups in total. The fraction of sp³-hybridized carbons (Fsp3) is 0.538. The van der Waals surface area contributed by atoms with Crippen LogP contribution in [0, 0.1) is 0 Å². The minimum atomic E-state index is 0.315. The monoisotopic (exact) mass is 218 g/mol. The van der Waals surface area contributed by atoms with Crippen molar-refractivity contribution in [2.24, 2.45) is 5.73 Å². The molecular weight excluding hydrogens is 200 g/mol. The Balaban J connectivity index is 1.99. The zero-order valence-electron chi connectivity index (χ0n) is 9.39. The molecule has 0 spiro atoms. The third-order valence-corrected chi connectivity index (χ3v) is 3.91. The molecule has 2 unspecified atom stereocenters. The molecule has 1 saturated heterocycles. The van der Waals surface area contributed by atoms with E-state index >= 15 is 0 Å². The summed E-state index contributed by atoms with van der Waals surface area (Å²) in [6, 6.07) is 6.53. The molecule has 2 atom stereocenters. The Labute approximate surface area is 95.9 Å². The third-order valence-electron chi connectivity index (χ3n) is 3.91. The Kier molecular flexibility index (Phi) is 2.28. The van der Waals surface area contributed by atoms with Gasteiger partial charge in [0.25, 0.3) is 0 Å². The van der Waals surface area contributed by atoms with Crippen molar-refractivity contribution in [2.75, 3.05) is 11.4 Å². The molecule has 2 aliphatic heterocycles. The van der Waals surface area contributed by atoms with Gasteiger partial charge in [-0.15, -0.1) is 0 Å². The van der Waals surface area contributed by atoms with Gasteiger partial charge in [0.2, 0.25) is 0 Å². The van der Waals surface area contributed by atoms with E-state index in [1.54, 1.807) is 6.07 Å². The maximum Gasteiger partial charge on any atom is 0.116 e. The summed E-state index contributed by atoms with van der Waals surface area (Å²) in [5, 5.41) is 9.49. The SMILES string of the molecule is NC1CCCN2c3ccc(O)cc3CCC12.